The van der Waals surface area contributed by atoms with E-state index in [0.29, 0.717) is 47.0 Å². The van der Waals surface area contributed by atoms with Crippen LogP contribution in [0.25, 0.3) is 0 Å². The van der Waals surface area contributed by atoms with Gasteiger partial charge in [-0.1, -0.05) is 6.07 Å². The van der Waals surface area contributed by atoms with Gasteiger partial charge in [-0.15, -0.1) is 0 Å². The molecule has 1 aliphatic carbocycles. The predicted molar refractivity (Wildman–Crippen MR) is 185 cm³/mol. The van der Waals surface area contributed by atoms with E-state index in [1.165, 1.54) is 29.3 Å². The highest BCUT2D eigenvalue weighted by molar-refractivity contribution is 6.07. The zero-order valence-electron chi connectivity index (χ0n) is 26.9. The van der Waals surface area contributed by atoms with Crippen molar-refractivity contribution in [2.24, 2.45) is 5.10 Å². The van der Waals surface area contributed by atoms with E-state index in [1.54, 1.807) is 55.6 Å². The van der Waals surface area contributed by atoms with Crippen LogP contribution in [0.5, 0.6) is 11.5 Å². The van der Waals surface area contributed by atoms with Gasteiger partial charge in [-0.25, -0.2) is 5.01 Å². The molecular weight excluding hydrogens is 626 g/mol. The molecule has 0 saturated heterocycles. The molecule has 1 saturated carbocycles. The van der Waals surface area contributed by atoms with Gasteiger partial charge in [0.25, 0.3) is 23.4 Å². The number of rotatable bonds is 10. The second kappa shape index (κ2) is 14.8. The Labute approximate surface area is 282 Å². The third kappa shape index (κ3) is 7.92. The van der Waals surface area contributed by atoms with Crippen LogP contribution < -0.4 is 20.1 Å². The number of anilines is 2. The third-order valence-electron chi connectivity index (χ3n) is 8.46. The van der Waals surface area contributed by atoms with E-state index in [2.05, 4.69) is 10.6 Å². The van der Waals surface area contributed by atoms with E-state index in [1.807, 2.05) is 18.2 Å². The Morgan fingerprint density at radius 1 is 0.796 bits per heavy atom. The Bertz CT molecular complexity index is 1900. The highest BCUT2D eigenvalue weighted by Crippen LogP contribution is 2.33. The summed E-state index contributed by atoms with van der Waals surface area (Å²) in [5.74, 6) is 0.230. The van der Waals surface area contributed by atoms with Crippen molar-refractivity contribution < 1.29 is 28.8 Å². The number of carbonyl (C=O) groups excluding carboxylic acids is 3. The van der Waals surface area contributed by atoms with Crippen LogP contribution in [0.2, 0.25) is 0 Å². The number of benzene rings is 4. The number of hydrogen-bond acceptors (Lipinski definition) is 8. The minimum Gasteiger partial charge on any atom is -0.493 e. The number of carbonyl (C=O) groups is 3. The monoisotopic (exact) mass is 661 g/mol. The molecule has 12 nitrogen and oxygen atoms in total. The fraction of sp³-hybridized carbons (Fsp3) is 0.243. The summed E-state index contributed by atoms with van der Waals surface area (Å²) in [4.78, 5) is 49.4. The Kier molecular flexibility index (Phi) is 9.93. The zero-order valence-corrected chi connectivity index (χ0v) is 26.9. The number of nitro benzene ring substituents is 1. The molecule has 0 unspecified atom stereocenters. The number of nitrogens with zero attached hydrogens (tertiary/aromatic N) is 3. The Morgan fingerprint density at radius 3 is 2.14 bits per heavy atom. The number of hydrazone groups is 1. The predicted octanol–water partition coefficient (Wildman–Crippen LogP) is 7.07. The zero-order chi connectivity index (χ0) is 34.3. The van der Waals surface area contributed by atoms with Gasteiger partial charge in [0.2, 0.25) is 0 Å². The Hall–Kier alpha value is -6.04. The topological polar surface area (TPSA) is 152 Å². The normalized spacial score (nSPS) is 14.5. The van der Waals surface area contributed by atoms with Gasteiger partial charge < -0.3 is 20.1 Å². The summed E-state index contributed by atoms with van der Waals surface area (Å²) >= 11 is 0. The first-order chi connectivity index (χ1) is 23.8. The smallest absolute Gasteiger partial charge is 0.274 e. The first-order valence-electron chi connectivity index (χ1n) is 16.1. The first kappa shape index (κ1) is 32.9. The molecule has 4 aromatic carbocycles. The molecule has 1 fully saturated rings. The lowest BCUT2D eigenvalue weighted by Gasteiger charge is -2.24. The SMILES string of the molecule is COc1ccc(C2=NN(C(=O)c3cccc(NC(=O)c4ccc(NC(=O)c5ccc([N+](=O)[O-])cc5)cc4)c3)CCC2)cc1OC1CCCC1. The summed E-state index contributed by atoms with van der Waals surface area (Å²) < 4.78 is 11.8. The molecule has 49 heavy (non-hydrogen) atoms. The number of methoxy groups -OCH3 is 1. The minimum absolute atomic E-state index is 0.112. The van der Waals surface area contributed by atoms with Crippen LogP contribution in [0.4, 0.5) is 17.1 Å². The van der Waals surface area contributed by atoms with E-state index in [4.69, 9.17) is 14.6 Å². The maximum Gasteiger partial charge on any atom is 0.274 e. The van der Waals surface area contributed by atoms with Crippen molar-refractivity contribution in [2.45, 2.75) is 44.6 Å². The molecule has 2 aliphatic rings. The van der Waals surface area contributed by atoms with Crippen molar-refractivity contribution in [3.63, 3.8) is 0 Å². The Balaban J connectivity index is 1.09. The molecule has 1 aliphatic heterocycles. The number of non-ortho nitro benzene ring substituents is 1. The van der Waals surface area contributed by atoms with Crippen LogP contribution in [0.15, 0.2) is 96.1 Å². The molecule has 4 aromatic rings. The lowest BCUT2D eigenvalue weighted by Crippen LogP contribution is -2.32. The van der Waals surface area contributed by atoms with Gasteiger partial charge in [0.15, 0.2) is 11.5 Å². The molecule has 0 atom stereocenters. The van der Waals surface area contributed by atoms with Gasteiger partial charge in [-0.3, -0.25) is 24.5 Å². The Morgan fingerprint density at radius 2 is 1.47 bits per heavy atom. The van der Waals surface area contributed by atoms with Crippen LogP contribution in [0, 0.1) is 10.1 Å². The lowest BCUT2D eigenvalue weighted by molar-refractivity contribution is -0.384. The summed E-state index contributed by atoms with van der Waals surface area (Å²) in [7, 11) is 1.62. The van der Waals surface area contributed by atoms with E-state index in [0.717, 1.165) is 43.4 Å². The van der Waals surface area contributed by atoms with Crippen molar-refractivity contribution in [2.75, 3.05) is 24.3 Å². The quantitative estimate of drug-likeness (QED) is 0.136. The summed E-state index contributed by atoms with van der Waals surface area (Å²) in [6.07, 6.45) is 6.00. The molecule has 0 radical (unpaired) electrons. The second-order valence-electron chi connectivity index (χ2n) is 11.8. The largest absolute Gasteiger partial charge is 0.493 e. The maximum atomic E-state index is 13.6. The fourth-order valence-electron chi connectivity index (χ4n) is 5.85. The second-order valence-corrected chi connectivity index (χ2v) is 11.8. The van der Waals surface area contributed by atoms with E-state index >= 15 is 0 Å². The van der Waals surface area contributed by atoms with Crippen molar-refractivity contribution in [3.05, 3.63) is 123 Å². The molecule has 2 N–H and O–H groups in total. The molecule has 0 bridgehead atoms. The van der Waals surface area contributed by atoms with Gasteiger partial charge in [-0.2, -0.15) is 5.10 Å². The van der Waals surface area contributed by atoms with Crippen LogP contribution in [0.1, 0.15) is 75.2 Å². The standard InChI is InChI=1S/C37H35N5O7/c1-48-33-20-15-26(23-34(33)49-31-8-2-3-9-31)32-10-5-21-41(40-32)37(45)27-6-4-7-29(22-27)39-36(44)24-11-16-28(17-12-24)38-35(43)25-13-18-30(19-14-25)42(46)47/h4,6-7,11-20,22-23,31H,2-3,5,8-10,21H2,1H3,(H,38,43)(H,39,44). The maximum absolute atomic E-state index is 13.6. The number of nitro groups is 1. The van der Waals surface area contributed by atoms with E-state index in [-0.39, 0.29) is 23.3 Å². The average molecular weight is 662 g/mol. The van der Waals surface area contributed by atoms with Crippen molar-refractivity contribution in [3.8, 4) is 11.5 Å². The van der Waals surface area contributed by atoms with Gasteiger partial charge in [0, 0.05) is 52.3 Å². The van der Waals surface area contributed by atoms with Gasteiger partial charge in [0.1, 0.15) is 0 Å². The summed E-state index contributed by atoms with van der Waals surface area (Å²) in [5, 5.41) is 22.6. The van der Waals surface area contributed by atoms with Gasteiger partial charge >= 0.3 is 0 Å². The first-order valence-corrected chi connectivity index (χ1v) is 16.1. The van der Waals surface area contributed by atoms with Crippen molar-refractivity contribution in [1.29, 1.82) is 0 Å². The number of amides is 3. The number of hydrogen-bond donors (Lipinski definition) is 2. The molecule has 0 spiro atoms. The molecule has 250 valence electrons. The van der Waals surface area contributed by atoms with Gasteiger partial charge in [-0.05, 0) is 111 Å². The van der Waals surface area contributed by atoms with Crippen molar-refractivity contribution >= 4 is 40.5 Å². The molecule has 1 heterocycles. The average Bonchev–Trinajstić information content (AvgIpc) is 3.65. The van der Waals surface area contributed by atoms with Crippen LogP contribution in [0.3, 0.4) is 0 Å². The summed E-state index contributed by atoms with van der Waals surface area (Å²) in [6, 6.07) is 24.0. The molecule has 12 heteroatoms. The fourth-order valence-corrected chi connectivity index (χ4v) is 5.85. The molecule has 6 rings (SSSR count). The molecular formula is C37H35N5O7. The van der Waals surface area contributed by atoms with Crippen molar-refractivity contribution in [1.82, 2.24) is 5.01 Å². The van der Waals surface area contributed by atoms with E-state index in [9.17, 15) is 24.5 Å². The van der Waals surface area contributed by atoms with Crippen LogP contribution >= 0.6 is 0 Å². The minimum atomic E-state index is -0.537. The molecule has 3 amide bonds. The summed E-state index contributed by atoms with van der Waals surface area (Å²) in [6.45, 7) is 0.466. The molecule has 0 aromatic heterocycles. The lowest BCUT2D eigenvalue weighted by atomic mass is 10.0. The van der Waals surface area contributed by atoms with Crippen LogP contribution in [-0.4, -0.2) is 53.1 Å². The highest BCUT2D eigenvalue weighted by Gasteiger charge is 2.23. The van der Waals surface area contributed by atoms with E-state index < -0.39 is 16.7 Å². The third-order valence-corrected chi connectivity index (χ3v) is 8.46. The summed E-state index contributed by atoms with van der Waals surface area (Å²) in [5.41, 5.74) is 3.42. The van der Waals surface area contributed by atoms with Crippen LogP contribution in [-0.2, 0) is 0 Å². The van der Waals surface area contributed by atoms with Gasteiger partial charge in [0.05, 0.1) is 23.8 Å². The highest BCUT2D eigenvalue weighted by atomic mass is 16.6. The number of nitrogens with one attached hydrogen (secondary N) is 2. The number of ether oxygens (including phenoxy) is 2.